The molecule has 0 atom stereocenters. The lowest BCUT2D eigenvalue weighted by atomic mass is 10.2. The average Bonchev–Trinajstić information content (AvgIpc) is 3.84. The molecule has 0 saturated carbocycles. The molecule has 57 heavy (non-hydrogen) atoms. The minimum Gasteiger partial charge on any atom is -0.501 e. The van der Waals surface area contributed by atoms with E-state index in [1.54, 1.807) is 24.5 Å². The fraction of sp³-hybridized carbons (Fsp3) is 0.0857. The molecule has 0 aliphatic heterocycles. The Balaban J connectivity index is 0.000000179. The second-order valence-electron chi connectivity index (χ2n) is 11.4. The highest BCUT2D eigenvalue weighted by Gasteiger charge is 2.25. The van der Waals surface area contributed by atoms with E-state index in [4.69, 9.17) is 10.5 Å². The number of nitriles is 2. The van der Waals surface area contributed by atoms with Crippen LogP contribution in [0.2, 0.25) is 0 Å². The van der Waals surface area contributed by atoms with E-state index in [2.05, 4.69) is 36.5 Å². The summed E-state index contributed by atoms with van der Waals surface area (Å²) in [6.45, 7) is 0.808. The third-order valence-corrected chi connectivity index (χ3v) is 7.67. The number of rotatable bonds is 7. The number of carbonyl (C=O) groups excluding carboxylic acids is 2. The van der Waals surface area contributed by atoms with Crippen molar-refractivity contribution in [2.75, 3.05) is 0 Å². The smallest absolute Gasteiger partial charge is 0.372 e. The Hall–Kier alpha value is -8.37. The first kappa shape index (κ1) is 39.8. The lowest BCUT2D eigenvalue weighted by Crippen LogP contribution is -2.47. The number of amides is 2. The molecule has 22 heteroatoms. The summed E-state index contributed by atoms with van der Waals surface area (Å²) in [6, 6.07) is 17.2. The van der Waals surface area contributed by atoms with Crippen LogP contribution in [0.5, 0.6) is 11.5 Å². The van der Waals surface area contributed by atoms with Crippen LogP contribution in [0.15, 0.2) is 95.0 Å². The van der Waals surface area contributed by atoms with Crippen LogP contribution in [0.3, 0.4) is 0 Å². The number of fused-ring (bicyclic) bond motifs is 2. The molecule has 0 radical (unpaired) electrons. The van der Waals surface area contributed by atoms with Crippen molar-refractivity contribution in [2.45, 2.75) is 19.6 Å². The Morgan fingerprint density at radius 1 is 0.772 bits per heavy atom. The fourth-order valence-electron chi connectivity index (χ4n) is 4.71. The van der Waals surface area contributed by atoms with Gasteiger partial charge >= 0.3 is 23.1 Å². The number of nitrogens with one attached hydrogen (secondary N) is 3. The lowest BCUT2D eigenvalue weighted by molar-refractivity contribution is -0.561. The van der Waals surface area contributed by atoms with Gasteiger partial charge in [0, 0.05) is 18.7 Å². The molecule has 2 amide bonds. The quantitative estimate of drug-likeness (QED) is 0.117. The van der Waals surface area contributed by atoms with Crippen molar-refractivity contribution in [1.82, 2.24) is 44.4 Å². The second kappa shape index (κ2) is 17.6. The number of H-pyrrole nitrogens is 1. The number of aromatic nitrogens is 8. The number of halogens is 3. The average molecular weight is 784 g/mol. The van der Waals surface area contributed by atoms with Gasteiger partial charge in [0.15, 0.2) is 18.2 Å². The van der Waals surface area contributed by atoms with Crippen molar-refractivity contribution in [1.29, 1.82) is 10.5 Å². The number of hydrogen-bond acceptors (Lipinski definition) is 11. The standard InChI is InChI=1S/2C14H9FN6O3.C7H8FN/c2*15-9-3-1-8(2-4-9)5-17-12(23)10-11(22)13(24)21-14(19-10)20(6-16)7-18-21;8-7-3-1-6(5-9)2-4-7/h1-4,7H,5H2,(H2,17,22,23);1-4,7,22H,5H2,(H,17,23);1-4H,5,9H2/p+2. The van der Waals surface area contributed by atoms with Crippen LogP contribution in [0, 0.1) is 40.4 Å². The molecule has 3 aromatic carbocycles. The second-order valence-corrected chi connectivity index (χ2v) is 11.4. The molecule has 7 aromatic rings. The Labute approximate surface area is 316 Å². The van der Waals surface area contributed by atoms with Crippen LogP contribution in [0.1, 0.15) is 37.7 Å². The van der Waals surface area contributed by atoms with Crippen molar-refractivity contribution in [3.8, 4) is 23.9 Å². The number of nitrogens with zero attached hydrogens (tertiary/aromatic N) is 9. The Morgan fingerprint density at radius 3 is 1.72 bits per heavy atom. The SMILES string of the molecule is N#C[n+]1c[nH]n2c(=O)c(O)c(C(=O)NCc3ccc(F)cc3)nc21.N#Cn1cnn2c(=O)c(O)c(C(=O)NCc3ccc(F)cc3)nc12.[NH3+]Cc1ccc(F)cc1. The van der Waals surface area contributed by atoms with Crippen LogP contribution in [-0.4, -0.2) is 55.8 Å². The monoisotopic (exact) mass is 783 g/mol. The Kier molecular flexibility index (Phi) is 12.3. The van der Waals surface area contributed by atoms with Crippen molar-refractivity contribution in [3.05, 3.63) is 152 Å². The molecule has 0 spiro atoms. The molecule has 0 aliphatic rings. The third-order valence-electron chi connectivity index (χ3n) is 7.67. The minimum absolute atomic E-state index is 0.0388. The van der Waals surface area contributed by atoms with Crippen LogP contribution in [0.4, 0.5) is 13.2 Å². The van der Waals surface area contributed by atoms with E-state index in [0.29, 0.717) is 15.6 Å². The summed E-state index contributed by atoms with van der Waals surface area (Å²) in [4.78, 5) is 55.9. The Morgan fingerprint density at radius 2 is 1.25 bits per heavy atom. The lowest BCUT2D eigenvalue weighted by Gasteiger charge is -2.06. The van der Waals surface area contributed by atoms with Gasteiger partial charge in [-0.2, -0.15) is 14.9 Å². The molecule has 8 N–H and O–H groups in total. The van der Waals surface area contributed by atoms with E-state index in [9.17, 15) is 42.6 Å². The number of benzene rings is 3. The van der Waals surface area contributed by atoms with Gasteiger partial charge in [0.25, 0.3) is 11.8 Å². The summed E-state index contributed by atoms with van der Waals surface area (Å²) in [5, 5.41) is 48.5. The maximum atomic E-state index is 12.8. The summed E-state index contributed by atoms with van der Waals surface area (Å²) >= 11 is 0. The summed E-state index contributed by atoms with van der Waals surface area (Å²) in [7, 11) is 0. The maximum absolute atomic E-state index is 12.8. The fourth-order valence-corrected chi connectivity index (χ4v) is 4.71. The van der Waals surface area contributed by atoms with E-state index in [1.165, 1.54) is 60.7 Å². The van der Waals surface area contributed by atoms with Crippen molar-refractivity contribution in [2.24, 2.45) is 0 Å². The van der Waals surface area contributed by atoms with E-state index in [0.717, 1.165) is 38.4 Å². The summed E-state index contributed by atoms with van der Waals surface area (Å²) in [5.74, 6) is -4.71. The van der Waals surface area contributed by atoms with Gasteiger partial charge in [-0.3, -0.25) is 19.2 Å². The number of aromatic hydroxyl groups is 2. The molecule has 4 heterocycles. The predicted octanol–water partition coefficient (Wildman–Crippen LogP) is -0.0235. The Bertz CT molecular complexity index is 2620. The van der Waals surface area contributed by atoms with Gasteiger partial charge in [-0.15, -0.1) is 9.55 Å². The van der Waals surface area contributed by atoms with E-state index < -0.39 is 57.5 Å². The van der Waals surface area contributed by atoms with E-state index in [1.807, 2.05) is 0 Å². The summed E-state index contributed by atoms with van der Waals surface area (Å²) in [6.07, 6.45) is 5.64. The molecular formula is C35H28F3N13O6+2. The molecule has 288 valence electrons. The highest BCUT2D eigenvalue weighted by atomic mass is 19.1. The largest absolute Gasteiger partial charge is 0.501 e. The van der Waals surface area contributed by atoms with Gasteiger partial charge in [0.1, 0.15) is 23.8 Å². The molecular weight excluding hydrogens is 755 g/mol. The van der Waals surface area contributed by atoms with Crippen LogP contribution < -0.4 is 32.1 Å². The van der Waals surface area contributed by atoms with Crippen molar-refractivity contribution in [3.63, 3.8) is 0 Å². The number of carbonyl (C=O) groups is 2. The first-order chi connectivity index (χ1) is 27.3. The normalized spacial score (nSPS) is 10.4. The van der Waals surface area contributed by atoms with Crippen molar-refractivity contribution >= 4 is 23.4 Å². The number of hydrogen-bond donors (Lipinski definition) is 6. The molecule has 0 fully saturated rings. The van der Waals surface area contributed by atoms with Gasteiger partial charge < -0.3 is 26.6 Å². The zero-order valence-electron chi connectivity index (χ0n) is 29.1. The van der Waals surface area contributed by atoms with Gasteiger partial charge in [0.05, 0.1) is 6.54 Å². The molecule has 7 rings (SSSR count). The van der Waals surface area contributed by atoms with Gasteiger partial charge in [-0.1, -0.05) is 40.9 Å². The molecule has 0 unspecified atom stereocenters. The molecule has 4 aromatic heterocycles. The van der Waals surface area contributed by atoms with Gasteiger partial charge in [-0.05, 0) is 52.8 Å². The first-order valence-electron chi connectivity index (χ1n) is 16.2. The van der Waals surface area contributed by atoms with Crippen LogP contribution in [-0.2, 0) is 19.6 Å². The molecule has 0 aliphatic carbocycles. The first-order valence-corrected chi connectivity index (χ1v) is 16.2. The zero-order chi connectivity index (χ0) is 41.2. The van der Waals surface area contributed by atoms with Gasteiger partial charge in [-0.25, -0.2) is 27.8 Å². The number of quaternary nitrogens is 1. The third kappa shape index (κ3) is 9.23. The summed E-state index contributed by atoms with van der Waals surface area (Å²) < 4.78 is 41.2. The topological polar surface area (TPSA) is 280 Å². The van der Waals surface area contributed by atoms with Crippen molar-refractivity contribution < 1.29 is 43.3 Å². The van der Waals surface area contributed by atoms with E-state index in [-0.39, 0.29) is 30.5 Å². The van der Waals surface area contributed by atoms with Gasteiger partial charge in [0.2, 0.25) is 23.0 Å². The van der Waals surface area contributed by atoms with E-state index >= 15 is 0 Å². The minimum atomic E-state index is -0.971. The highest BCUT2D eigenvalue weighted by molar-refractivity contribution is 5.95. The molecule has 0 saturated heterocycles. The maximum Gasteiger partial charge on any atom is 0.372 e. The van der Waals surface area contributed by atoms with Crippen LogP contribution >= 0.6 is 0 Å². The number of aromatic amines is 1. The summed E-state index contributed by atoms with van der Waals surface area (Å²) in [5.41, 5.74) is 3.04. The highest BCUT2D eigenvalue weighted by Crippen LogP contribution is 2.12. The van der Waals surface area contributed by atoms with Crippen LogP contribution in [0.25, 0.3) is 11.6 Å². The zero-order valence-corrected chi connectivity index (χ0v) is 29.1. The predicted molar refractivity (Wildman–Crippen MR) is 187 cm³/mol. The molecule has 0 bridgehead atoms. The molecule has 19 nitrogen and oxygen atoms in total.